The van der Waals surface area contributed by atoms with Crippen molar-refractivity contribution >= 4 is 5.91 Å². The summed E-state index contributed by atoms with van der Waals surface area (Å²) >= 11 is 0. The molecule has 1 saturated heterocycles. The van der Waals surface area contributed by atoms with Gasteiger partial charge in [-0.1, -0.05) is 0 Å². The molecular formula is C13H20N4O2. The summed E-state index contributed by atoms with van der Waals surface area (Å²) in [6, 6.07) is 0.137. The number of hydrogen-bond acceptors (Lipinski definition) is 4. The lowest BCUT2D eigenvalue weighted by molar-refractivity contribution is -0.124. The van der Waals surface area contributed by atoms with Crippen LogP contribution < -0.4 is 10.6 Å². The van der Waals surface area contributed by atoms with E-state index in [9.17, 15) is 4.79 Å². The van der Waals surface area contributed by atoms with Gasteiger partial charge < -0.3 is 19.9 Å². The predicted octanol–water partition coefficient (Wildman–Crippen LogP) is 0.384. The number of rotatable bonds is 4. The molecule has 1 aliphatic heterocycles. The van der Waals surface area contributed by atoms with Crippen LogP contribution in [0.1, 0.15) is 37.6 Å². The van der Waals surface area contributed by atoms with E-state index in [-0.39, 0.29) is 18.1 Å². The minimum atomic E-state index is -0.247. The molecule has 6 heteroatoms. The summed E-state index contributed by atoms with van der Waals surface area (Å²) in [6.45, 7) is 4.24. The number of carbonyl (C=O) groups is 1. The molecule has 104 valence electrons. The lowest BCUT2D eigenvalue weighted by Crippen LogP contribution is -2.36. The predicted molar refractivity (Wildman–Crippen MR) is 69.7 cm³/mol. The molecule has 2 aliphatic rings. The van der Waals surface area contributed by atoms with Crippen molar-refractivity contribution < 1.29 is 9.53 Å². The standard InChI is InChI=1S/C13H20N4O2/c1-9(13(18)16-10-2-3-10)17-8-15-6-11(17)12-7-14-4-5-19-12/h6,8-10,12,14H,2-5,7H2,1H3,(H,16,18). The zero-order chi connectivity index (χ0) is 13.2. The molecule has 3 rings (SSSR count). The van der Waals surface area contributed by atoms with Gasteiger partial charge in [-0.3, -0.25) is 4.79 Å². The van der Waals surface area contributed by atoms with Gasteiger partial charge in [-0.25, -0.2) is 4.98 Å². The van der Waals surface area contributed by atoms with Crippen LogP contribution in [0.4, 0.5) is 0 Å². The number of aromatic nitrogens is 2. The molecule has 0 radical (unpaired) electrons. The number of morpholine rings is 1. The third-order valence-corrected chi connectivity index (χ3v) is 3.67. The second-order valence-electron chi connectivity index (χ2n) is 5.25. The Morgan fingerprint density at radius 1 is 1.63 bits per heavy atom. The highest BCUT2D eigenvalue weighted by Crippen LogP contribution is 2.23. The summed E-state index contributed by atoms with van der Waals surface area (Å²) in [4.78, 5) is 16.3. The van der Waals surface area contributed by atoms with Crippen LogP contribution in [-0.2, 0) is 9.53 Å². The van der Waals surface area contributed by atoms with Crippen LogP contribution in [0.5, 0.6) is 0 Å². The monoisotopic (exact) mass is 264 g/mol. The van der Waals surface area contributed by atoms with E-state index in [0.717, 1.165) is 31.6 Å². The molecule has 2 unspecified atom stereocenters. The fraction of sp³-hybridized carbons (Fsp3) is 0.692. The van der Waals surface area contributed by atoms with Gasteiger partial charge in [0.25, 0.3) is 0 Å². The minimum Gasteiger partial charge on any atom is -0.369 e. The van der Waals surface area contributed by atoms with Crippen LogP contribution in [0.2, 0.25) is 0 Å². The second-order valence-corrected chi connectivity index (χ2v) is 5.25. The van der Waals surface area contributed by atoms with E-state index in [4.69, 9.17) is 4.74 Å². The first-order valence-electron chi connectivity index (χ1n) is 6.90. The van der Waals surface area contributed by atoms with Gasteiger partial charge in [0, 0.05) is 19.1 Å². The lowest BCUT2D eigenvalue weighted by atomic mass is 10.2. The molecule has 1 saturated carbocycles. The Kier molecular flexibility index (Phi) is 3.52. The van der Waals surface area contributed by atoms with Crippen molar-refractivity contribution in [3.05, 3.63) is 18.2 Å². The topological polar surface area (TPSA) is 68.2 Å². The Bertz CT molecular complexity index is 449. The Labute approximate surface area is 112 Å². The summed E-state index contributed by atoms with van der Waals surface area (Å²) in [7, 11) is 0. The maximum absolute atomic E-state index is 12.1. The summed E-state index contributed by atoms with van der Waals surface area (Å²) in [5.74, 6) is 0.0607. The smallest absolute Gasteiger partial charge is 0.243 e. The molecule has 2 heterocycles. The van der Waals surface area contributed by atoms with Crippen molar-refractivity contribution in [1.82, 2.24) is 20.2 Å². The highest BCUT2D eigenvalue weighted by molar-refractivity contribution is 5.80. The molecule has 0 aromatic carbocycles. The van der Waals surface area contributed by atoms with Gasteiger partial charge in [0.1, 0.15) is 12.1 Å². The molecule has 2 atom stereocenters. The van der Waals surface area contributed by atoms with Crippen LogP contribution in [-0.4, -0.2) is 41.2 Å². The number of nitrogens with one attached hydrogen (secondary N) is 2. The highest BCUT2D eigenvalue weighted by Gasteiger charge is 2.28. The number of ether oxygens (including phenoxy) is 1. The van der Waals surface area contributed by atoms with Crippen molar-refractivity contribution in [3.63, 3.8) is 0 Å². The summed E-state index contributed by atoms with van der Waals surface area (Å²) in [6.07, 6.45) is 5.69. The second kappa shape index (κ2) is 5.30. The number of imidazole rings is 1. The molecule has 0 bridgehead atoms. The molecule has 6 nitrogen and oxygen atoms in total. The Morgan fingerprint density at radius 3 is 3.16 bits per heavy atom. The lowest BCUT2D eigenvalue weighted by Gasteiger charge is -2.26. The van der Waals surface area contributed by atoms with Crippen molar-refractivity contribution in [2.45, 2.75) is 38.0 Å². The van der Waals surface area contributed by atoms with E-state index in [2.05, 4.69) is 15.6 Å². The van der Waals surface area contributed by atoms with Crippen LogP contribution in [0.3, 0.4) is 0 Å². The largest absolute Gasteiger partial charge is 0.369 e. The average molecular weight is 264 g/mol. The van der Waals surface area contributed by atoms with Crippen molar-refractivity contribution in [2.75, 3.05) is 19.7 Å². The van der Waals surface area contributed by atoms with E-state index in [1.165, 1.54) is 0 Å². The number of nitrogens with zero attached hydrogens (tertiary/aromatic N) is 2. The summed E-state index contributed by atoms with van der Waals surface area (Å²) in [5.41, 5.74) is 0.964. The maximum atomic E-state index is 12.1. The van der Waals surface area contributed by atoms with Gasteiger partial charge in [0.2, 0.25) is 5.91 Å². The van der Waals surface area contributed by atoms with Crippen LogP contribution in [0.25, 0.3) is 0 Å². The molecular weight excluding hydrogens is 244 g/mol. The zero-order valence-corrected chi connectivity index (χ0v) is 11.1. The zero-order valence-electron chi connectivity index (χ0n) is 11.1. The third-order valence-electron chi connectivity index (χ3n) is 3.67. The van der Waals surface area contributed by atoms with E-state index in [0.29, 0.717) is 12.6 Å². The third kappa shape index (κ3) is 2.79. The minimum absolute atomic E-state index is 0.0209. The van der Waals surface area contributed by atoms with Gasteiger partial charge in [-0.05, 0) is 19.8 Å². The molecule has 2 N–H and O–H groups in total. The first kappa shape index (κ1) is 12.6. The van der Waals surface area contributed by atoms with Gasteiger partial charge in [-0.2, -0.15) is 0 Å². The van der Waals surface area contributed by atoms with Crippen molar-refractivity contribution in [1.29, 1.82) is 0 Å². The Morgan fingerprint density at radius 2 is 2.47 bits per heavy atom. The maximum Gasteiger partial charge on any atom is 0.243 e. The van der Waals surface area contributed by atoms with Gasteiger partial charge in [0.05, 0.1) is 24.8 Å². The van der Waals surface area contributed by atoms with Crippen molar-refractivity contribution in [3.8, 4) is 0 Å². The summed E-state index contributed by atoms with van der Waals surface area (Å²) < 4.78 is 7.64. The van der Waals surface area contributed by atoms with E-state index >= 15 is 0 Å². The number of amides is 1. The molecule has 0 spiro atoms. The Balaban J connectivity index is 1.72. The van der Waals surface area contributed by atoms with Crippen LogP contribution in [0.15, 0.2) is 12.5 Å². The number of hydrogen-bond donors (Lipinski definition) is 2. The molecule has 1 amide bonds. The SMILES string of the molecule is CC(C(=O)NC1CC1)n1cncc1C1CNCCO1. The molecule has 2 fully saturated rings. The van der Waals surface area contributed by atoms with E-state index < -0.39 is 0 Å². The average Bonchev–Trinajstić information content (AvgIpc) is 3.12. The first-order valence-corrected chi connectivity index (χ1v) is 6.90. The fourth-order valence-electron chi connectivity index (χ4n) is 2.32. The summed E-state index contributed by atoms with van der Waals surface area (Å²) in [5, 5.41) is 6.32. The van der Waals surface area contributed by atoms with Gasteiger partial charge >= 0.3 is 0 Å². The fourth-order valence-corrected chi connectivity index (χ4v) is 2.32. The van der Waals surface area contributed by atoms with E-state index in [1.54, 1.807) is 12.5 Å². The molecule has 1 aromatic rings. The van der Waals surface area contributed by atoms with Gasteiger partial charge in [0.15, 0.2) is 0 Å². The quantitative estimate of drug-likeness (QED) is 0.825. The Hall–Kier alpha value is -1.40. The first-order chi connectivity index (χ1) is 9.25. The van der Waals surface area contributed by atoms with Crippen LogP contribution >= 0.6 is 0 Å². The highest BCUT2D eigenvalue weighted by atomic mass is 16.5. The molecule has 19 heavy (non-hydrogen) atoms. The molecule has 1 aromatic heterocycles. The van der Waals surface area contributed by atoms with Crippen molar-refractivity contribution in [2.24, 2.45) is 0 Å². The molecule has 1 aliphatic carbocycles. The van der Waals surface area contributed by atoms with Gasteiger partial charge in [-0.15, -0.1) is 0 Å². The number of carbonyl (C=O) groups excluding carboxylic acids is 1. The van der Waals surface area contributed by atoms with Crippen LogP contribution in [0, 0.1) is 0 Å². The van der Waals surface area contributed by atoms with E-state index in [1.807, 2.05) is 11.5 Å². The normalized spacial score (nSPS) is 25.0.